The number of carbonyl (C=O) groups is 1. The third-order valence-corrected chi connectivity index (χ3v) is 3.61. The minimum atomic E-state index is 0.0418. The molecule has 0 bridgehead atoms. The lowest BCUT2D eigenvalue weighted by atomic mass is 9.95. The molecule has 2 atom stereocenters. The highest BCUT2D eigenvalue weighted by atomic mass is 16.5. The Kier molecular flexibility index (Phi) is 3.12. The van der Waals surface area contributed by atoms with Gasteiger partial charge in [0.2, 0.25) is 0 Å². The van der Waals surface area contributed by atoms with Gasteiger partial charge in [0.05, 0.1) is 5.60 Å². The third-order valence-electron chi connectivity index (χ3n) is 3.61. The maximum absolute atomic E-state index is 11.4. The minimum absolute atomic E-state index is 0.0418. The van der Waals surface area contributed by atoms with Gasteiger partial charge in [-0.3, -0.25) is 9.69 Å². The van der Waals surface area contributed by atoms with Crippen LogP contribution in [-0.2, 0) is 9.53 Å². The molecule has 0 spiro atoms. The van der Waals surface area contributed by atoms with E-state index in [0.717, 1.165) is 39.1 Å². The Labute approximate surface area is 91.8 Å². The molecule has 3 nitrogen and oxygen atoms in total. The number of ether oxygens (including phenoxy) is 1. The zero-order valence-corrected chi connectivity index (χ0v) is 9.79. The van der Waals surface area contributed by atoms with E-state index in [-0.39, 0.29) is 11.5 Å². The van der Waals surface area contributed by atoms with Crippen molar-refractivity contribution in [3.05, 3.63) is 0 Å². The molecular weight excluding hydrogens is 190 g/mol. The highest BCUT2D eigenvalue weighted by Gasteiger charge is 2.34. The van der Waals surface area contributed by atoms with E-state index < -0.39 is 0 Å². The van der Waals surface area contributed by atoms with Gasteiger partial charge in [-0.15, -0.1) is 0 Å². The average molecular weight is 211 g/mol. The van der Waals surface area contributed by atoms with E-state index in [9.17, 15) is 4.79 Å². The fourth-order valence-corrected chi connectivity index (χ4v) is 2.67. The zero-order chi connectivity index (χ0) is 10.9. The lowest BCUT2D eigenvalue weighted by Gasteiger charge is -2.35. The number of nitrogens with zero attached hydrogens (tertiary/aromatic N) is 1. The van der Waals surface area contributed by atoms with E-state index >= 15 is 0 Å². The van der Waals surface area contributed by atoms with E-state index in [2.05, 4.69) is 11.8 Å². The molecule has 0 radical (unpaired) electrons. The molecule has 0 amide bonds. The summed E-state index contributed by atoms with van der Waals surface area (Å²) in [5.41, 5.74) is 0.0418. The van der Waals surface area contributed by atoms with E-state index in [1.807, 2.05) is 6.92 Å². The maximum atomic E-state index is 11.4. The first-order valence-corrected chi connectivity index (χ1v) is 5.98. The highest BCUT2D eigenvalue weighted by molar-refractivity contribution is 5.81. The Hall–Kier alpha value is -0.410. The van der Waals surface area contributed by atoms with Gasteiger partial charge in [0.1, 0.15) is 5.78 Å². The molecular formula is C12H21NO2. The Bertz CT molecular complexity index is 246. The second kappa shape index (κ2) is 4.22. The van der Waals surface area contributed by atoms with Crippen molar-refractivity contribution in [3.63, 3.8) is 0 Å². The number of carbonyl (C=O) groups excluding carboxylic acids is 1. The lowest BCUT2D eigenvalue weighted by molar-refractivity contribution is -0.126. The van der Waals surface area contributed by atoms with Crippen molar-refractivity contribution in [3.8, 4) is 0 Å². The number of likely N-dealkylation sites (tertiary alicyclic amines) is 1. The van der Waals surface area contributed by atoms with Crippen LogP contribution in [0.4, 0.5) is 0 Å². The van der Waals surface area contributed by atoms with Crippen LogP contribution >= 0.6 is 0 Å². The number of Topliss-reactive ketones (excluding diaryl/α,β-unsaturated/α-hetero) is 1. The SMILES string of the molecule is CC1CN(CC2(C)CCCO2)CCC1=O. The van der Waals surface area contributed by atoms with E-state index in [4.69, 9.17) is 4.74 Å². The van der Waals surface area contributed by atoms with Gasteiger partial charge in [-0.2, -0.15) is 0 Å². The van der Waals surface area contributed by atoms with Gasteiger partial charge in [-0.25, -0.2) is 0 Å². The number of hydrogen-bond acceptors (Lipinski definition) is 3. The van der Waals surface area contributed by atoms with Gasteiger partial charge in [0.25, 0.3) is 0 Å². The second-order valence-corrected chi connectivity index (χ2v) is 5.25. The maximum Gasteiger partial charge on any atom is 0.138 e. The molecule has 0 aliphatic carbocycles. The average Bonchev–Trinajstić information content (AvgIpc) is 2.59. The molecule has 2 aliphatic rings. The standard InChI is InChI=1S/C12H21NO2/c1-10-8-13(6-4-11(10)14)9-12(2)5-3-7-15-12/h10H,3-9H2,1-2H3. The van der Waals surface area contributed by atoms with Gasteiger partial charge < -0.3 is 4.74 Å². The van der Waals surface area contributed by atoms with Crippen LogP contribution < -0.4 is 0 Å². The van der Waals surface area contributed by atoms with Crippen molar-refractivity contribution >= 4 is 5.78 Å². The van der Waals surface area contributed by atoms with Gasteiger partial charge in [0, 0.05) is 38.6 Å². The van der Waals surface area contributed by atoms with E-state index in [0.29, 0.717) is 5.78 Å². The van der Waals surface area contributed by atoms with Crippen LogP contribution in [0.1, 0.15) is 33.1 Å². The molecule has 0 aromatic carbocycles. The van der Waals surface area contributed by atoms with Gasteiger partial charge in [0.15, 0.2) is 0 Å². The molecule has 0 N–H and O–H groups in total. The van der Waals surface area contributed by atoms with Crippen LogP contribution in [0.15, 0.2) is 0 Å². The number of piperidine rings is 1. The molecule has 0 saturated carbocycles. The molecule has 2 unspecified atom stereocenters. The van der Waals surface area contributed by atoms with E-state index in [1.54, 1.807) is 0 Å². The summed E-state index contributed by atoms with van der Waals surface area (Å²) in [7, 11) is 0. The van der Waals surface area contributed by atoms with Crippen molar-refractivity contribution in [2.75, 3.05) is 26.2 Å². The Morgan fingerprint density at radius 1 is 1.60 bits per heavy atom. The highest BCUT2D eigenvalue weighted by Crippen LogP contribution is 2.27. The molecule has 86 valence electrons. The van der Waals surface area contributed by atoms with Gasteiger partial charge in [-0.05, 0) is 19.8 Å². The fourth-order valence-electron chi connectivity index (χ4n) is 2.67. The summed E-state index contributed by atoms with van der Waals surface area (Å²) in [5, 5.41) is 0. The summed E-state index contributed by atoms with van der Waals surface area (Å²) in [6.07, 6.45) is 3.06. The molecule has 3 heteroatoms. The lowest BCUT2D eigenvalue weighted by Crippen LogP contribution is -2.47. The first-order chi connectivity index (χ1) is 7.09. The summed E-state index contributed by atoms with van der Waals surface area (Å²) in [6.45, 7) is 7.96. The predicted molar refractivity (Wildman–Crippen MR) is 58.8 cm³/mol. The number of rotatable bonds is 2. The topological polar surface area (TPSA) is 29.5 Å². The predicted octanol–water partition coefficient (Wildman–Crippen LogP) is 1.47. The Balaban J connectivity index is 1.87. The molecule has 0 aromatic rings. The molecule has 2 heterocycles. The van der Waals surface area contributed by atoms with Crippen LogP contribution in [0.5, 0.6) is 0 Å². The van der Waals surface area contributed by atoms with E-state index in [1.165, 1.54) is 6.42 Å². The van der Waals surface area contributed by atoms with Crippen molar-refractivity contribution in [2.24, 2.45) is 5.92 Å². The molecule has 2 rings (SSSR count). The monoisotopic (exact) mass is 211 g/mol. The first-order valence-electron chi connectivity index (χ1n) is 5.98. The van der Waals surface area contributed by atoms with Gasteiger partial charge in [-0.1, -0.05) is 6.92 Å². The first kappa shape index (κ1) is 11.1. The fraction of sp³-hybridized carbons (Fsp3) is 0.917. The quantitative estimate of drug-likeness (QED) is 0.692. The smallest absolute Gasteiger partial charge is 0.138 e. The van der Waals surface area contributed by atoms with Crippen molar-refractivity contribution in [1.29, 1.82) is 0 Å². The summed E-state index contributed by atoms with van der Waals surface area (Å²) >= 11 is 0. The van der Waals surface area contributed by atoms with Crippen LogP contribution in [0, 0.1) is 5.92 Å². The van der Waals surface area contributed by atoms with Crippen LogP contribution in [-0.4, -0.2) is 42.5 Å². The van der Waals surface area contributed by atoms with Crippen LogP contribution in [0.2, 0.25) is 0 Å². The number of ketones is 1. The minimum Gasteiger partial charge on any atom is -0.374 e. The summed E-state index contributed by atoms with van der Waals surface area (Å²) in [6, 6.07) is 0. The molecule has 2 fully saturated rings. The Morgan fingerprint density at radius 3 is 3.00 bits per heavy atom. The largest absolute Gasteiger partial charge is 0.374 e. The zero-order valence-electron chi connectivity index (χ0n) is 9.79. The molecule has 15 heavy (non-hydrogen) atoms. The molecule has 0 aromatic heterocycles. The molecule has 2 saturated heterocycles. The summed E-state index contributed by atoms with van der Waals surface area (Å²) in [5.74, 6) is 0.632. The Morgan fingerprint density at radius 2 is 2.40 bits per heavy atom. The number of hydrogen-bond donors (Lipinski definition) is 0. The van der Waals surface area contributed by atoms with Crippen molar-refractivity contribution in [1.82, 2.24) is 4.90 Å². The third kappa shape index (κ3) is 2.58. The summed E-state index contributed by atoms with van der Waals surface area (Å²) in [4.78, 5) is 13.8. The van der Waals surface area contributed by atoms with Gasteiger partial charge >= 0.3 is 0 Å². The second-order valence-electron chi connectivity index (χ2n) is 5.25. The van der Waals surface area contributed by atoms with Crippen LogP contribution in [0.25, 0.3) is 0 Å². The molecule has 2 aliphatic heterocycles. The van der Waals surface area contributed by atoms with Crippen molar-refractivity contribution < 1.29 is 9.53 Å². The van der Waals surface area contributed by atoms with Crippen molar-refractivity contribution in [2.45, 2.75) is 38.7 Å². The normalized spacial score (nSPS) is 38.5. The van der Waals surface area contributed by atoms with Crippen LogP contribution in [0.3, 0.4) is 0 Å². The summed E-state index contributed by atoms with van der Waals surface area (Å²) < 4.78 is 5.78.